The molecule has 1 rings (SSSR count). The van der Waals surface area contributed by atoms with Gasteiger partial charge in [0.2, 0.25) is 0 Å². The number of methoxy groups -OCH3 is 1. The number of carbonyl (C=O) groups is 1. The summed E-state index contributed by atoms with van der Waals surface area (Å²) in [5, 5.41) is 0. The van der Waals surface area contributed by atoms with E-state index in [-0.39, 0.29) is 0 Å². The molecule has 11 heteroatoms. The van der Waals surface area contributed by atoms with Crippen molar-refractivity contribution in [3.05, 3.63) is 23.0 Å². The summed E-state index contributed by atoms with van der Waals surface area (Å²) in [6.45, 7) is 0. The summed E-state index contributed by atoms with van der Waals surface area (Å²) in [5.41, 5.74) is -2.95. The van der Waals surface area contributed by atoms with Crippen LogP contribution >= 0.6 is 11.6 Å². The fraction of sp³-hybridized carbons (Fsp3) is 0.455. The second kappa shape index (κ2) is 6.59. The lowest BCUT2D eigenvalue weighted by atomic mass is 10.1. The van der Waals surface area contributed by atoms with Gasteiger partial charge in [0.25, 0.3) is 0 Å². The molecule has 0 atom stereocenters. The third-order valence-corrected chi connectivity index (χ3v) is 2.60. The molecule has 0 fully saturated rings. The Balaban J connectivity index is 3.46. The maximum absolute atomic E-state index is 12.7. The normalized spacial score (nSPS) is 12.2. The highest BCUT2D eigenvalue weighted by atomic mass is 35.5. The van der Waals surface area contributed by atoms with E-state index >= 15 is 0 Å². The minimum Gasteiger partial charge on any atom is -0.469 e. The number of hydrogen-bond donors (Lipinski definition) is 0. The van der Waals surface area contributed by atoms with Gasteiger partial charge in [-0.15, -0.1) is 24.8 Å². The molecule has 1 aromatic rings. The zero-order chi connectivity index (χ0) is 17.1. The Morgan fingerprint density at radius 2 is 1.86 bits per heavy atom. The van der Waals surface area contributed by atoms with Crippen LogP contribution in [0.5, 0.6) is 5.75 Å². The van der Waals surface area contributed by atoms with Gasteiger partial charge < -0.3 is 9.47 Å². The standard InChI is InChI=1S/C11H8ClF6NO3/c1-21-8(20)3-6-9(22-11(16,17)18)5(4-12)2-7(19-6)10(13,14)15/h2H,3-4H2,1H3. The van der Waals surface area contributed by atoms with Gasteiger partial charge in [0, 0.05) is 5.56 Å². The predicted molar refractivity (Wildman–Crippen MR) is 61.2 cm³/mol. The lowest BCUT2D eigenvalue weighted by Gasteiger charge is -2.17. The average Bonchev–Trinajstić information content (AvgIpc) is 2.37. The molecule has 0 amide bonds. The molecule has 0 aromatic carbocycles. The van der Waals surface area contributed by atoms with Crippen LogP contribution in [0.4, 0.5) is 26.3 Å². The molecular weight excluding hydrogens is 344 g/mol. The van der Waals surface area contributed by atoms with Crippen molar-refractivity contribution in [2.75, 3.05) is 7.11 Å². The Hall–Kier alpha value is -1.71. The first-order chi connectivity index (χ1) is 9.97. The van der Waals surface area contributed by atoms with Crippen molar-refractivity contribution < 1.29 is 40.6 Å². The molecule has 0 unspecified atom stereocenters. The molecule has 0 radical (unpaired) electrons. The lowest BCUT2D eigenvalue weighted by Crippen LogP contribution is -2.22. The van der Waals surface area contributed by atoms with Crippen LogP contribution in [0.25, 0.3) is 0 Å². The van der Waals surface area contributed by atoms with Gasteiger partial charge in [0.15, 0.2) is 5.75 Å². The van der Waals surface area contributed by atoms with Crippen LogP contribution in [0, 0.1) is 0 Å². The molecule has 0 spiro atoms. The number of carbonyl (C=O) groups excluding carboxylic acids is 1. The van der Waals surface area contributed by atoms with E-state index in [1.54, 1.807) is 0 Å². The quantitative estimate of drug-likeness (QED) is 0.473. The molecule has 0 aliphatic heterocycles. The van der Waals surface area contributed by atoms with E-state index in [2.05, 4.69) is 14.5 Å². The summed E-state index contributed by atoms with van der Waals surface area (Å²) in [5.74, 6) is -2.83. The number of halogens is 7. The number of aromatic nitrogens is 1. The number of ether oxygens (including phenoxy) is 2. The number of alkyl halides is 7. The smallest absolute Gasteiger partial charge is 0.469 e. The van der Waals surface area contributed by atoms with E-state index in [9.17, 15) is 31.1 Å². The van der Waals surface area contributed by atoms with E-state index in [1.165, 1.54) is 0 Å². The zero-order valence-corrected chi connectivity index (χ0v) is 11.6. The summed E-state index contributed by atoms with van der Waals surface area (Å²) in [7, 11) is 0.919. The molecule has 0 saturated heterocycles. The van der Waals surface area contributed by atoms with Gasteiger partial charge in [-0.25, -0.2) is 4.98 Å². The van der Waals surface area contributed by atoms with Crippen LogP contribution < -0.4 is 4.74 Å². The molecule has 22 heavy (non-hydrogen) atoms. The van der Waals surface area contributed by atoms with Crippen LogP contribution in [0.1, 0.15) is 17.0 Å². The van der Waals surface area contributed by atoms with Gasteiger partial charge in [-0.05, 0) is 6.07 Å². The van der Waals surface area contributed by atoms with Crippen LogP contribution in [-0.2, 0) is 28.0 Å². The molecule has 4 nitrogen and oxygen atoms in total. The van der Waals surface area contributed by atoms with Gasteiger partial charge in [-0.2, -0.15) is 13.2 Å². The average molecular weight is 352 g/mol. The monoisotopic (exact) mass is 351 g/mol. The molecule has 0 saturated carbocycles. The summed E-state index contributed by atoms with van der Waals surface area (Å²) in [6, 6.07) is 0.328. The molecule has 1 heterocycles. The number of pyridine rings is 1. The van der Waals surface area contributed by atoms with E-state index in [0.717, 1.165) is 7.11 Å². The van der Waals surface area contributed by atoms with Crippen molar-refractivity contribution in [3.63, 3.8) is 0 Å². The largest absolute Gasteiger partial charge is 0.573 e. The lowest BCUT2D eigenvalue weighted by molar-refractivity contribution is -0.275. The molecule has 0 N–H and O–H groups in total. The van der Waals surface area contributed by atoms with Gasteiger partial charge in [-0.1, -0.05) is 0 Å². The zero-order valence-electron chi connectivity index (χ0n) is 10.8. The van der Waals surface area contributed by atoms with Crippen molar-refractivity contribution >= 4 is 17.6 Å². The molecular formula is C11H8ClF6NO3. The highest BCUT2D eigenvalue weighted by molar-refractivity contribution is 6.17. The van der Waals surface area contributed by atoms with Gasteiger partial charge in [0.05, 0.1) is 25.1 Å². The van der Waals surface area contributed by atoms with E-state index < -0.39 is 53.5 Å². The predicted octanol–water partition coefficient (Wildman–Crippen LogP) is 3.45. The van der Waals surface area contributed by atoms with Crippen molar-refractivity contribution in [3.8, 4) is 5.75 Å². The molecule has 124 valence electrons. The maximum Gasteiger partial charge on any atom is 0.573 e. The highest BCUT2D eigenvalue weighted by Gasteiger charge is 2.38. The highest BCUT2D eigenvalue weighted by Crippen LogP contribution is 2.36. The van der Waals surface area contributed by atoms with Crippen LogP contribution in [0.2, 0.25) is 0 Å². The van der Waals surface area contributed by atoms with E-state index in [4.69, 9.17) is 11.6 Å². The first-order valence-corrected chi connectivity index (χ1v) is 6.00. The first-order valence-electron chi connectivity index (χ1n) is 5.46. The Morgan fingerprint density at radius 1 is 1.27 bits per heavy atom. The molecule has 1 aromatic heterocycles. The first kappa shape index (κ1) is 18.3. The third-order valence-electron chi connectivity index (χ3n) is 2.31. The summed E-state index contributed by atoms with van der Waals surface area (Å²) in [6.07, 6.45) is -11.1. The Morgan fingerprint density at radius 3 is 2.27 bits per heavy atom. The molecule has 0 aliphatic rings. The van der Waals surface area contributed by atoms with Gasteiger partial charge >= 0.3 is 18.5 Å². The SMILES string of the molecule is COC(=O)Cc1nc(C(F)(F)F)cc(CCl)c1OC(F)(F)F. The van der Waals surface area contributed by atoms with Crippen LogP contribution in [0.15, 0.2) is 6.07 Å². The Labute approximate surface area is 125 Å². The summed E-state index contributed by atoms with van der Waals surface area (Å²) < 4.78 is 83.0. The van der Waals surface area contributed by atoms with Crippen molar-refractivity contribution in [2.24, 2.45) is 0 Å². The Bertz CT molecular complexity index is 558. The van der Waals surface area contributed by atoms with Gasteiger partial charge in [0.1, 0.15) is 5.69 Å². The molecule has 0 aliphatic carbocycles. The summed E-state index contributed by atoms with van der Waals surface area (Å²) in [4.78, 5) is 14.2. The van der Waals surface area contributed by atoms with E-state index in [0.29, 0.717) is 6.07 Å². The maximum atomic E-state index is 12.7. The third kappa shape index (κ3) is 4.93. The molecule has 0 bridgehead atoms. The number of esters is 1. The Kier molecular flexibility index (Phi) is 5.49. The van der Waals surface area contributed by atoms with Crippen molar-refractivity contribution in [1.82, 2.24) is 4.98 Å². The van der Waals surface area contributed by atoms with E-state index in [1.807, 2.05) is 0 Å². The minimum absolute atomic E-state index is 0.328. The minimum atomic E-state index is -5.19. The second-order valence-electron chi connectivity index (χ2n) is 3.87. The van der Waals surface area contributed by atoms with Crippen LogP contribution in [-0.4, -0.2) is 24.4 Å². The fourth-order valence-corrected chi connectivity index (χ4v) is 1.66. The number of rotatable bonds is 4. The van der Waals surface area contributed by atoms with Crippen LogP contribution in [0.3, 0.4) is 0 Å². The van der Waals surface area contributed by atoms with Crippen molar-refractivity contribution in [1.29, 1.82) is 0 Å². The number of nitrogens with zero attached hydrogens (tertiary/aromatic N) is 1. The number of hydrogen-bond acceptors (Lipinski definition) is 4. The van der Waals surface area contributed by atoms with Crippen molar-refractivity contribution in [2.45, 2.75) is 24.8 Å². The fourth-order valence-electron chi connectivity index (χ4n) is 1.46. The topological polar surface area (TPSA) is 48.4 Å². The van der Waals surface area contributed by atoms with Gasteiger partial charge in [-0.3, -0.25) is 4.79 Å². The second-order valence-corrected chi connectivity index (χ2v) is 4.14. The summed E-state index contributed by atoms with van der Waals surface area (Å²) >= 11 is 5.37.